The van der Waals surface area contributed by atoms with Crippen molar-refractivity contribution in [1.29, 1.82) is 0 Å². The number of ether oxygens (including phenoxy) is 2. The van der Waals surface area contributed by atoms with Gasteiger partial charge >= 0.3 is 0 Å². The van der Waals surface area contributed by atoms with Crippen molar-refractivity contribution in [2.75, 3.05) is 37.8 Å². The lowest BCUT2D eigenvalue weighted by atomic mass is 9.98. The molecule has 2 atom stereocenters. The summed E-state index contributed by atoms with van der Waals surface area (Å²) in [5, 5.41) is 9.06. The summed E-state index contributed by atoms with van der Waals surface area (Å²) in [5.41, 5.74) is 3.78. The maximum absolute atomic E-state index is 9.06. The predicted molar refractivity (Wildman–Crippen MR) is 119 cm³/mol. The topological polar surface area (TPSA) is 71.0 Å². The molecule has 31 heavy (non-hydrogen) atoms. The third-order valence-electron chi connectivity index (χ3n) is 6.73. The van der Waals surface area contributed by atoms with E-state index in [1.54, 1.807) is 0 Å². The minimum absolute atomic E-state index is 0.00852. The summed E-state index contributed by atoms with van der Waals surface area (Å²) in [7, 11) is 0. The van der Waals surface area contributed by atoms with Gasteiger partial charge in [0.2, 0.25) is 5.95 Å². The zero-order valence-electron chi connectivity index (χ0n) is 18.3. The summed E-state index contributed by atoms with van der Waals surface area (Å²) in [5.74, 6) is 2.36. The SMILES string of the molecule is CCOc1cc(CN2[C@H]3CC[C@@H]2c2cnc(N4CCCC4)nc2C3)ccc1OCCO. The second-order valence-electron chi connectivity index (χ2n) is 8.68. The van der Waals surface area contributed by atoms with Gasteiger partial charge in [0.25, 0.3) is 0 Å². The number of nitrogens with zero attached hydrogens (tertiary/aromatic N) is 4. The van der Waals surface area contributed by atoms with Crippen molar-refractivity contribution in [2.24, 2.45) is 0 Å². The summed E-state index contributed by atoms with van der Waals surface area (Å²) in [4.78, 5) is 14.7. The quantitative estimate of drug-likeness (QED) is 0.698. The monoisotopic (exact) mass is 424 g/mol. The molecule has 0 unspecified atom stereocenters. The molecule has 0 spiro atoms. The zero-order chi connectivity index (χ0) is 21.2. The molecule has 2 saturated heterocycles. The number of aromatic nitrogens is 2. The summed E-state index contributed by atoms with van der Waals surface area (Å²) < 4.78 is 11.4. The smallest absolute Gasteiger partial charge is 0.225 e. The Balaban J connectivity index is 1.35. The van der Waals surface area contributed by atoms with Crippen molar-refractivity contribution in [1.82, 2.24) is 14.9 Å². The molecule has 0 amide bonds. The molecule has 2 bridgehead atoms. The van der Waals surface area contributed by atoms with E-state index in [1.807, 2.05) is 13.0 Å². The molecule has 0 saturated carbocycles. The highest BCUT2D eigenvalue weighted by Gasteiger charge is 2.41. The van der Waals surface area contributed by atoms with Crippen molar-refractivity contribution in [3.63, 3.8) is 0 Å². The van der Waals surface area contributed by atoms with Gasteiger partial charge in [-0.05, 0) is 50.3 Å². The lowest BCUT2D eigenvalue weighted by Gasteiger charge is -2.36. The lowest BCUT2D eigenvalue weighted by molar-refractivity contribution is 0.165. The summed E-state index contributed by atoms with van der Waals surface area (Å²) in [6.45, 7) is 5.86. The Morgan fingerprint density at radius 2 is 2.00 bits per heavy atom. The number of aliphatic hydroxyl groups excluding tert-OH is 1. The van der Waals surface area contributed by atoms with E-state index in [-0.39, 0.29) is 13.2 Å². The Kier molecular flexibility index (Phi) is 5.96. The first-order chi connectivity index (χ1) is 15.3. The fourth-order valence-electron chi connectivity index (χ4n) is 5.28. The highest BCUT2D eigenvalue weighted by Crippen LogP contribution is 2.44. The lowest BCUT2D eigenvalue weighted by Crippen LogP contribution is -2.38. The first kappa shape index (κ1) is 20.5. The number of benzene rings is 1. The van der Waals surface area contributed by atoms with Gasteiger partial charge in [-0.3, -0.25) is 4.90 Å². The van der Waals surface area contributed by atoms with Gasteiger partial charge in [-0.15, -0.1) is 0 Å². The van der Waals surface area contributed by atoms with Gasteiger partial charge in [-0.2, -0.15) is 0 Å². The Morgan fingerprint density at radius 3 is 2.81 bits per heavy atom. The van der Waals surface area contributed by atoms with Gasteiger partial charge in [0.15, 0.2) is 11.5 Å². The third-order valence-corrected chi connectivity index (χ3v) is 6.73. The summed E-state index contributed by atoms with van der Waals surface area (Å²) in [6, 6.07) is 7.07. The Morgan fingerprint density at radius 1 is 1.13 bits per heavy atom. The van der Waals surface area contributed by atoms with Crippen LogP contribution < -0.4 is 14.4 Å². The summed E-state index contributed by atoms with van der Waals surface area (Å²) in [6.07, 6.45) is 7.95. The molecule has 2 aromatic rings. The van der Waals surface area contributed by atoms with E-state index < -0.39 is 0 Å². The molecular weight excluding hydrogens is 392 g/mol. The molecule has 3 aliphatic heterocycles. The fraction of sp³-hybridized carbons (Fsp3) is 0.583. The van der Waals surface area contributed by atoms with Crippen LogP contribution in [0.15, 0.2) is 24.4 Å². The largest absolute Gasteiger partial charge is 0.490 e. The van der Waals surface area contributed by atoms with Crippen molar-refractivity contribution in [3.05, 3.63) is 41.2 Å². The van der Waals surface area contributed by atoms with Crippen LogP contribution in [-0.4, -0.2) is 58.9 Å². The Hall–Kier alpha value is -2.38. The Bertz CT molecular complexity index is 916. The van der Waals surface area contributed by atoms with Crippen LogP contribution in [0.2, 0.25) is 0 Å². The highest BCUT2D eigenvalue weighted by atomic mass is 16.5. The van der Waals surface area contributed by atoms with Crippen molar-refractivity contribution in [3.8, 4) is 11.5 Å². The molecule has 1 aromatic carbocycles. The zero-order valence-corrected chi connectivity index (χ0v) is 18.3. The van der Waals surface area contributed by atoms with E-state index in [0.29, 0.717) is 24.4 Å². The molecule has 2 fully saturated rings. The molecule has 166 valence electrons. The highest BCUT2D eigenvalue weighted by molar-refractivity contribution is 5.43. The second-order valence-corrected chi connectivity index (χ2v) is 8.68. The molecule has 7 heteroatoms. The average Bonchev–Trinajstić information content (AvgIpc) is 3.41. The van der Waals surface area contributed by atoms with Crippen LogP contribution in [-0.2, 0) is 13.0 Å². The molecular formula is C24H32N4O3. The first-order valence-electron chi connectivity index (χ1n) is 11.6. The van der Waals surface area contributed by atoms with Gasteiger partial charge < -0.3 is 19.5 Å². The van der Waals surface area contributed by atoms with Gasteiger partial charge in [-0.25, -0.2) is 9.97 Å². The standard InChI is InChI=1S/C24H32N4O3/c1-2-30-23-13-17(5-8-22(23)31-12-11-29)16-28-18-6-7-21(28)19-15-25-24(26-20(19)14-18)27-9-3-4-10-27/h5,8,13,15,18,21,29H,2-4,6-7,9-12,14,16H2,1H3/t18-,21+/m0/s1. The molecule has 0 radical (unpaired) electrons. The van der Waals surface area contributed by atoms with Crippen LogP contribution in [0, 0.1) is 0 Å². The average molecular weight is 425 g/mol. The number of hydrogen-bond acceptors (Lipinski definition) is 7. The minimum atomic E-state index is -0.00852. The number of hydrogen-bond donors (Lipinski definition) is 1. The van der Waals surface area contributed by atoms with Crippen LogP contribution in [0.1, 0.15) is 55.5 Å². The van der Waals surface area contributed by atoms with Gasteiger partial charge in [-0.1, -0.05) is 6.07 Å². The van der Waals surface area contributed by atoms with Crippen LogP contribution in [0.25, 0.3) is 0 Å². The molecule has 4 heterocycles. The van der Waals surface area contributed by atoms with Gasteiger partial charge in [0.05, 0.1) is 18.9 Å². The van der Waals surface area contributed by atoms with E-state index in [9.17, 15) is 0 Å². The third kappa shape index (κ3) is 4.08. The summed E-state index contributed by atoms with van der Waals surface area (Å²) >= 11 is 0. The number of fused-ring (bicyclic) bond motifs is 4. The van der Waals surface area contributed by atoms with Gasteiger partial charge in [0.1, 0.15) is 6.61 Å². The van der Waals surface area contributed by atoms with Gasteiger partial charge in [0, 0.05) is 49.9 Å². The van der Waals surface area contributed by atoms with E-state index in [2.05, 4.69) is 28.1 Å². The van der Waals surface area contributed by atoms with Crippen molar-refractivity contribution < 1.29 is 14.6 Å². The number of anilines is 1. The van der Waals surface area contributed by atoms with E-state index in [1.165, 1.54) is 42.5 Å². The van der Waals surface area contributed by atoms with Crippen molar-refractivity contribution >= 4 is 5.95 Å². The molecule has 0 aliphatic carbocycles. The number of rotatable bonds is 8. The number of aliphatic hydroxyl groups is 1. The Labute approximate surface area is 184 Å². The minimum Gasteiger partial charge on any atom is -0.490 e. The van der Waals surface area contributed by atoms with Crippen LogP contribution in [0.5, 0.6) is 11.5 Å². The first-order valence-corrected chi connectivity index (χ1v) is 11.6. The second kappa shape index (κ2) is 9.01. The molecule has 7 nitrogen and oxygen atoms in total. The molecule has 1 aromatic heterocycles. The maximum atomic E-state index is 9.06. The van der Waals surface area contributed by atoms with E-state index in [4.69, 9.17) is 24.5 Å². The van der Waals surface area contributed by atoms with Crippen LogP contribution >= 0.6 is 0 Å². The van der Waals surface area contributed by atoms with Crippen molar-refractivity contribution in [2.45, 2.75) is 57.7 Å². The van der Waals surface area contributed by atoms with E-state index >= 15 is 0 Å². The molecule has 3 aliphatic rings. The fourth-order valence-corrected chi connectivity index (χ4v) is 5.28. The van der Waals surface area contributed by atoms with E-state index in [0.717, 1.165) is 37.8 Å². The maximum Gasteiger partial charge on any atom is 0.225 e. The normalized spacial score (nSPS) is 22.6. The van der Waals surface area contributed by atoms with Crippen LogP contribution in [0.3, 0.4) is 0 Å². The predicted octanol–water partition coefficient (Wildman–Crippen LogP) is 3.11. The van der Waals surface area contributed by atoms with Crippen LogP contribution in [0.4, 0.5) is 5.95 Å². The molecule has 1 N–H and O–H groups in total. The molecule has 5 rings (SSSR count).